The van der Waals surface area contributed by atoms with Crippen LogP contribution < -0.4 is 0 Å². The van der Waals surface area contributed by atoms with Crippen molar-refractivity contribution in [3.8, 4) is 0 Å². The van der Waals surface area contributed by atoms with Gasteiger partial charge in [-0.05, 0) is 0 Å². The molecule has 0 spiro atoms. The van der Waals surface area contributed by atoms with Crippen LogP contribution in [0.5, 0.6) is 0 Å². The molecule has 0 N–H and O–H groups in total. The fourth-order valence-corrected chi connectivity index (χ4v) is 0. The Bertz CT molecular complexity index is 3.90. The Balaban J connectivity index is 0. The van der Waals surface area contributed by atoms with Crippen molar-refractivity contribution >= 4 is 27.3 Å². The van der Waals surface area contributed by atoms with E-state index >= 15 is 0 Å². The fraction of sp³-hybridized carbons (Fsp3) is 0. The van der Waals surface area contributed by atoms with Crippen molar-refractivity contribution in [2.24, 2.45) is 0 Å². The molecule has 43 valence electrons. The zero-order valence-electron chi connectivity index (χ0n) is 2.62. The Kier molecular flexibility index (Phi) is 37000. The van der Waals surface area contributed by atoms with Crippen LogP contribution >= 0.6 is 0 Å². The van der Waals surface area contributed by atoms with Crippen LogP contribution in [0.3, 0.4) is 0 Å². The first kappa shape index (κ1) is 623. The minimum Gasteiger partial charge on any atom is -0.269 e. The summed E-state index contributed by atoms with van der Waals surface area (Å²) in [6.07, 6.45) is 0. The molecule has 0 amide bonds. The normalized spacial score (nSPS) is 0. The van der Waals surface area contributed by atoms with Crippen LogP contribution in [0.4, 0.5) is 23.5 Å². The van der Waals surface area contributed by atoms with Crippen LogP contribution in [-0.4, -0.2) is 27.3 Å². The van der Waals surface area contributed by atoms with Crippen molar-refractivity contribution in [2.75, 3.05) is 0 Å². The van der Waals surface area contributed by atoms with Gasteiger partial charge in [0.1, 0.15) is 0 Å². The van der Waals surface area contributed by atoms with Gasteiger partial charge in [0, 0.05) is 27.3 Å². The third-order valence-electron chi connectivity index (χ3n) is 0. The molecule has 6 heteroatoms. The summed E-state index contributed by atoms with van der Waals surface area (Å²) < 4.78 is 0. The minimum atomic E-state index is 0. The van der Waals surface area contributed by atoms with Crippen molar-refractivity contribution in [3.05, 3.63) is 0 Å². The van der Waals surface area contributed by atoms with Crippen molar-refractivity contribution in [2.45, 2.75) is 0 Å². The van der Waals surface area contributed by atoms with Crippen molar-refractivity contribution < 1.29 is 23.5 Å². The molecule has 0 aliphatic rings. The fourth-order valence-electron chi connectivity index (χ4n) is 0. The molecular formula is H5F5Tl. The second-order valence-corrected chi connectivity index (χ2v) is 0. The van der Waals surface area contributed by atoms with E-state index in [0.717, 1.165) is 0 Å². The molecule has 0 saturated heterocycles. The molecule has 0 aliphatic carbocycles. The van der Waals surface area contributed by atoms with Crippen LogP contribution in [0.15, 0.2) is 0 Å². The summed E-state index contributed by atoms with van der Waals surface area (Å²) in [5, 5.41) is 0. The van der Waals surface area contributed by atoms with Crippen LogP contribution in [0, 0.1) is 0 Å². The largest absolute Gasteiger partial charge is 0.269 e. The third-order valence-corrected chi connectivity index (χ3v) is 0. The molecule has 0 saturated carbocycles. The van der Waals surface area contributed by atoms with E-state index in [9.17, 15) is 0 Å². The molecule has 0 aromatic rings. The molecule has 6 heavy (non-hydrogen) atoms. The Morgan fingerprint density at radius 1 is 0.333 bits per heavy atom. The quantitative estimate of drug-likeness (QED) is 0.448. The van der Waals surface area contributed by atoms with E-state index < -0.39 is 0 Å². The van der Waals surface area contributed by atoms with Gasteiger partial charge in [0.25, 0.3) is 0 Å². The molecule has 0 aromatic carbocycles. The molecule has 1 radical (unpaired) electrons. The smallest absolute Gasteiger partial charge is 0 e. The second-order valence-electron chi connectivity index (χ2n) is 0. The van der Waals surface area contributed by atoms with E-state index in [4.69, 9.17) is 0 Å². The summed E-state index contributed by atoms with van der Waals surface area (Å²) in [6.45, 7) is 0. The topological polar surface area (TPSA) is 0 Å². The summed E-state index contributed by atoms with van der Waals surface area (Å²) in [6, 6.07) is 0. The average molecular weight is 304 g/mol. The van der Waals surface area contributed by atoms with Crippen molar-refractivity contribution in [1.29, 1.82) is 0 Å². The van der Waals surface area contributed by atoms with E-state index in [1.807, 2.05) is 0 Å². The predicted octanol–water partition coefficient (Wildman–Crippen LogP) is 0.382. The first-order valence-electron chi connectivity index (χ1n) is 0. The molecule has 0 bridgehead atoms. The van der Waals surface area contributed by atoms with E-state index in [-0.39, 0.29) is 50.8 Å². The summed E-state index contributed by atoms with van der Waals surface area (Å²) in [4.78, 5) is 0. The summed E-state index contributed by atoms with van der Waals surface area (Å²) in [7, 11) is 0. The zero-order chi connectivity index (χ0) is 0. The van der Waals surface area contributed by atoms with Crippen LogP contribution in [-0.2, 0) is 0 Å². The van der Waals surface area contributed by atoms with Crippen LogP contribution in [0.1, 0.15) is 0 Å². The SMILES string of the molecule is F.F.F.F.F.[Tl]. The molecule has 0 heterocycles. The van der Waals surface area contributed by atoms with Gasteiger partial charge in [-0.3, -0.25) is 23.5 Å². The van der Waals surface area contributed by atoms with Gasteiger partial charge in [0.15, 0.2) is 0 Å². The molecule has 0 nitrogen and oxygen atoms in total. The van der Waals surface area contributed by atoms with Gasteiger partial charge in [-0.1, -0.05) is 0 Å². The Morgan fingerprint density at radius 3 is 0.333 bits per heavy atom. The van der Waals surface area contributed by atoms with Crippen molar-refractivity contribution in [1.82, 2.24) is 0 Å². The van der Waals surface area contributed by atoms with E-state index in [2.05, 4.69) is 0 Å². The summed E-state index contributed by atoms with van der Waals surface area (Å²) in [5.41, 5.74) is 0. The third kappa shape index (κ3) is 178. The standard InChI is InChI=1S/5FH.Tl/h5*1H;. The van der Waals surface area contributed by atoms with Gasteiger partial charge < -0.3 is 0 Å². The average Bonchev–Trinajstić information content (AvgIpc) is 0. The number of rotatable bonds is 0. The predicted molar refractivity (Wildman–Crippen MR) is 18.3 cm³/mol. The second kappa shape index (κ2) is 356. The zero-order valence-corrected chi connectivity index (χ0v) is 7.11. The van der Waals surface area contributed by atoms with Gasteiger partial charge in [0.2, 0.25) is 0 Å². The molecule has 0 unspecified atom stereocenters. The van der Waals surface area contributed by atoms with E-state index in [0.29, 0.717) is 0 Å². The Labute approximate surface area is 51.3 Å². The maximum atomic E-state index is 0. The van der Waals surface area contributed by atoms with Gasteiger partial charge in [-0.25, -0.2) is 0 Å². The van der Waals surface area contributed by atoms with Crippen molar-refractivity contribution in [3.63, 3.8) is 0 Å². The Morgan fingerprint density at radius 2 is 0.333 bits per heavy atom. The molecule has 0 aromatic heterocycles. The number of halogens is 5. The Hall–Kier alpha value is 0.572. The minimum absolute atomic E-state index is 0. The number of hydrogen-bond donors (Lipinski definition) is 0. The first-order chi connectivity index (χ1) is 0. The van der Waals surface area contributed by atoms with Gasteiger partial charge >= 0.3 is 0 Å². The number of hydrogen-bond acceptors (Lipinski definition) is 0. The molecular weight excluding hydrogens is 299 g/mol. The van der Waals surface area contributed by atoms with E-state index in [1.165, 1.54) is 0 Å². The first-order valence-corrected chi connectivity index (χ1v) is 0. The van der Waals surface area contributed by atoms with Gasteiger partial charge in [0.05, 0.1) is 0 Å². The van der Waals surface area contributed by atoms with Crippen LogP contribution in [0.2, 0.25) is 0 Å². The molecule has 0 aliphatic heterocycles. The van der Waals surface area contributed by atoms with E-state index in [1.54, 1.807) is 0 Å². The maximum Gasteiger partial charge on any atom is 0 e. The molecule has 0 rings (SSSR count). The summed E-state index contributed by atoms with van der Waals surface area (Å²) >= 11 is 0. The molecule has 0 fully saturated rings. The molecule has 0 atom stereocenters. The van der Waals surface area contributed by atoms with Gasteiger partial charge in [-0.15, -0.1) is 0 Å². The van der Waals surface area contributed by atoms with Gasteiger partial charge in [-0.2, -0.15) is 0 Å². The monoisotopic (exact) mass is 305 g/mol. The maximum absolute atomic E-state index is 0. The van der Waals surface area contributed by atoms with Crippen LogP contribution in [0.25, 0.3) is 0 Å². The summed E-state index contributed by atoms with van der Waals surface area (Å²) in [5.74, 6) is 0.